The number of carbonyl (C=O) groups is 1. The maximum Gasteiger partial charge on any atom is 0.410 e. The number of carbonyl (C=O) groups excluding carboxylic acids is 1. The Hall–Kier alpha value is -2.33. The minimum atomic E-state index is -0.719. The lowest BCUT2D eigenvalue weighted by atomic mass is 10.1. The van der Waals surface area contributed by atoms with Gasteiger partial charge in [0.25, 0.3) is 0 Å². The van der Waals surface area contributed by atoms with Gasteiger partial charge in [0.1, 0.15) is 6.61 Å². The Morgan fingerprint density at radius 1 is 1.10 bits per heavy atom. The Labute approximate surface area is 123 Å². The molecule has 0 spiro atoms. The van der Waals surface area contributed by atoms with Gasteiger partial charge in [0.05, 0.1) is 18.7 Å². The summed E-state index contributed by atoms with van der Waals surface area (Å²) in [6, 6.07) is 18.9. The Morgan fingerprint density at radius 2 is 1.71 bits per heavy atom. The first-order valence-corrected chi connectivity index (χ1v) is 6.97. The Kier molecular flexibility index (Phi) is 3.88. The number of aliphatic hydroxyl groups is 1. The second-order valence-corrected chi connectivity index (χ2v) is 5.08. The SMILES string of the molecule is O=C1OC[C@@H](c2ccccc2)N1C[C@@H](O)c1ccccc1. The van der Waals surface area contributed by atoms with Crippen molar-refractivity contribution in [2.24, 2.45) is 0 Å². The Bertz CT molecular complexity index is 600. The Balaban J connectivity index is 1.77. The molecule has 1 fully saturated rings. The summed E-state index contributed by atoms with van der Waals surface area (Å²) in [4.78, 5) is 13.5. The third-order valence-corrected chi connectivity index (χ3v) is 3.71. The molecule has 2 aromatic rings. The lowest BCUT2D eigenvalue weighted by Gasteiger charge is -2.24. The van der Waals surface area contributed by atoms with Gasteiger partial charge in [-0.05, 0) is 11.1 Å². The molecule has 0 saturated carbocycles. The van der Waals surface area contributed by atoms with Crippen molar-refractivity contribution in [1.29, 1.82) is 0 Å². The molecule has 0 aromatic heterocycles. The third-order valence-electron chi connectivity index (χ3n) is 3.71. The van der Waals surface area contributed by atoms with E-state index < -0.39 is 6.10 Å². The van der Waals surface area contributed by atoms with E-state index in [9.17, 15) is 9.90 Å². The molecule has 1 saturated heterocycles. The van der Waals surface area contributed by atoms with Crippen LogP contribution in [0.3, 0.4) is 0 Å². The number of β-amino-alcohol motifs (C(OH)–C–C–N with tert-alkyl or cyclic N) is 1. The number of aliphatic hydroxyl groups excluding tert-OH is 1. The molecule has 0 bridgehead atoms. The number of nitrogens with zero attached hydrogens (tertiary/aromatic N) is 1. The molecule has 1 N–H and O–H groups in total. The largest absolute Gasteiger partial charge is 0.447 e. The second kappa shape index (κ2) is 5.97. The van der Waals surface area contributed by atoms with Crippen LogP contribution >= 0.6 is 0 Å². The van der Waals surface area contributed by atoms with E-state index in [1.165, 1.54) is 0 Å². The summed E-state index contributed by atoms with van der Waals surface area (Å²) in [6.45, 7) is 0.548. The standard InChI is InChI=1S/C17H17NO3/c19-16(14-9-5-2-6-10-14)11-18-15(12-21-17(18)20)13-7-3-1-4-8-13/h1-10,15-16,19H,11-12H2/t15-,16+/m0/s1. The van der Waals surface area contributed by atoms with Crippen LogP contribution in [0.5, 0.6) is 0 Å². The van der Waals surface area contributed by atoms with Crippen molar-refractivity contribution in [3.05, 3.63) is 71.8 Å². The van der Waals surface area contributed by atoms with Crippen LogP contribution in [0.2, 0.25) is 0 Å². The molecule has 2 atom stereocenters. The molecule has 4 heteroatoms. The van der Waals surface area contributed by atoms with Crippen LogP contribution in [0.1, 0.15) is 23.3 Å². The summed E-state index contributed by atoms with van der Waals surface area (Å²) >= 11 is 0. The number of amides is 1. The van der Waals surface area contributed by atoms with Crippen molar-refractivity contribution in [1.82, 2.24) is 4.90 Å². The summed E-state index contributed by atoms with van der Waals surface area (Å²) in [7, 11) is 0. The molecule has 0 unspecified atom stereocenters. The smallest absolute Gasteiger partial charge is 0.410 e. The van der Waals surface area contributed by atoms with E-state index >= 15 is 0 Å². The summed E-state index contributed by atoms with van der Waals surface area (Å²) in [5.41, 5.74) is 1.81. The van der Waals surface area contributed by atoms with Crippen LogP contribution in [0.15, 0.2) is 60.7 Å². The lowest BCUT2D eigenvalue weighted by molar-refractivity contribution is 0.110. The van der Waals surface area contributed by atoms with Crippen molar-refractivity contribution in [2.45, 2.75) is 12.1 Å². The molecular formula is C17H17NO3. The van der Waals surface area contributed by atoms with Crippen molar-refractivity contribution >= 4 is 6.09 Å². The van der Waals surface area contributed by atoms with Crippen molar-refractivity contribution in [3.63, 3.8) is 0 Å². The van der Waals surface area contributed by atoms with E-state index in [2.05, 4.69) is 0 Å². The van der Waals surface area contributed by atoms with E-state index in [1.54, 1.807) is 4.90 Å². The molecule has 2 aromatic carbocycles. The molecule has 4 nitrogen and oxygen atoms in total. The fourth-order valence-electron chi connectivity index (χ4n) is 2.57. The predicted octanol–water partition coefficient (Wildman–Crippen LogP) is 2.91. The maximum absolute atomic E-state index is 11.9. The van der Waals surface area contributed by atoms with Gasteiger partial charge in [-0.3, -0.25) is 4.90 Å². The zero-order valence-corrected chi connectivity index (χ0v) is 11.6. The number of hydrogen-bond acceptors (Lipinski definition) is 3. The third kappa shape index (κ3) is 2.90. The molecule has 0 radical (unpaired) electrons. The molecule has 1 aliphatic heterocycles. The molecule has 1 heterocycles. The van der Waals surface area contributed by atoms with Crippen LogP contribution < -0.4 is 0 Å². The predicted molar refractivity (Wildman–Crippen MR) is 78.6 cm³/mol. The monoisotopic (exact) mass is 283 g/mol. The second-order valence-electron chi connectivity index (χ2n) is 5.08. The number of benzene rings is 2. The van der Waals surface area contributed by atoms with Gasteiger partial charge in [0, 0.05) is 0 Å². The van der Waals surface area contributed by atoms with E-state index in [1.807, 2.05) is 60.7 Å². The number of ether oxygens (including phenoxy) is 1. The normalized spacial score (nSPS) is 19.4. The highest BCUT2D eigenvalue weighted by Crippen LogP contribution is 2.29. The first-order chi connectivity index (χ1) is 10.3. The van der Waals surface area contributed by atoms with Crippen molar-refractivity contribution < 1.29 is 14.6 Å². The summed E-state index contributed by atoms with van der Waals surface area (Å²) in [5, 5.41) is 10.3. The van der Waals surface area contributed by atoms with Crippen LogP contribution in [0.25, 0.3) is 0 Å². The summed E-state index contributed by atoms with van der Waals surface area (Å²) in [6.07, 6.45) is -1.10. The number of hydrogen-bond donors (Lipinski definition) is 1. The molecule has 3 rings (SSSR count). The topological polar surface area (TPSA) is 49.8 Å². The van der Waals surface area contributed by atoms with E-state index in [-0.39, 0.29) is 18.7 Å². The first kappa shape index (κ1) is 13.6. The first-order valence-electron chi connectivity index (χ1n) is 6.97. The van der Waals surface area contributed by atoms with Crippen molar-refractivity contribution in [2.75, 3.05) is 13.2 Å². The van der Waals surface area contributed by atoms with Crippen LogP contribution in [-0.4, -0.2) is 29.3 Å². The minimum absolute atomic E-state index is 0.142. The van der Waals surface area contributed by atoms with Gasteiger partial charge in [0.15, 0.2) is 0 Å². The lowest BCUT2D eigenvalue weighted by Crippen LogP contribution is -2.32. The average Bonchev–Trinajstić information content (AvgIpc) is 2.90. The summed E-state index contributed by atoms with van der Waals surface area (Å²) in [5.74, 6) is 0. The van der Waals surface area contributed by atoms with Gasteiger partial charge in [-0.15, -0.1) is 0 Å². The molecule has 21 heavy (non-hydrogen) atoms. The van der Waals surface area contributed by atoms with Crippen LogP contribution in [0, 0.1) is 0 Å². The quantitative estimate of drug-likeness (QED) is 0.938. The fourth-order valence-corrected chi connectivity index (χ4v) is 2.57. The van der Waals surface area contributed by atoms with E-state index in [4.69, 9.17) is 4.74 Å². The molecule has 0 aliphatic carbocycles. The highest BCUT2D eigenvalue weighted by Gasteiger charge is 2.35. The zero-order valence-electron chi connectivity index (χ0n) is 11.6. The molecule has 1 aliphatic rings. The summed E-state index contributed by atoms with van der Waals surface area (Å²) < 4.78 is 5.15. The van der Waals surface area contributed by atoms with Crippen molar-refractivity contribution in [3.8, 4) is 0 Å². The van der Waals surface area contributed by atoms with Crippen LogP contribution in [0.4, 0.5) is 4.79 Å². The molecule has 108 valence electrons. The van der Waals surface area contributed by atoms with Gasteiger partial charge >= 0.3 is 6.09 Å². The van der Waals surface area contributed by atoms with E-state index in [0.29, 0.717) is 6.61 Å². The molecular weight excluding hydrogens is 266 g/mol. The maximum atomic E-state index is 11.9. The highest BCUT2D eigenvalue weighted by molar-refractivity contribution is 5.70. The van der Waals surface area contributed by atoms with Gasteiger partial charge < -0.3 is 9.84 Å². The van der Waals surface area contributed by atoms with Gasteiger partial charge in [-0.2, -0.15) is 0 Å². The highest BCUT2D eigenvalue weighted by atomic mass is 16.6. The minimum Gasteiger partial charge on any atom is -0.447 e. The molecule has 1 amide bonds. The van der Waals surface area contributed by atoms with Gasteiger partial charge in [-0.25, -0.2) is 4.79 Å². The average molecular weight is 283 g/mol. The van der Waals surface area contributed by atoms with Gasteiger partial charge in [-0.1, -0.05) is 60.7 Å². The van der Waals surface area contributed by atoms with E-state index in [0.717, 1.165) is 11.1 Å². The zero-order chi connectivity index (χ0) is 14.7. The van der Waals surface area contributed by atoms with Gasteiger partial charge in [0.2, 0.25) is 0 Å². The number of rotatable bonds is 4. The number of cyclic esters (lactones) is 1. The van der Waals surface area contributed by atoms with Crippen LogP contribution in [-0.2, 0) is 4.74 Å². The Morgan fingerprint density at radius 3 is 2.38 bits per heavy atom. The fraction of sp³-hybridized carbons (Fsp3) is 0.235.